The van der Waals surface area contributed by atoms with Crippen molar-refractivity contribution in [1.82, 2.24) is 4.90 Å². The lowest BCUT2D eigenvalue weighted by molar-refractivity contribution is 0.139. The van der Waals surface area contributed by atoms with Crippen LogP contribution in [0.25, 0.3) is 0 Å². The van der Waals surface area contributed by atoms with E-state index in [0.717, 1.165) is 24.4 Å². The molecule has 0 bridgehead atoms. The minimum Gasteiger partial charge on any atom is -0.496 e. The zero-order valence-electron chi connectivity index (χ0n) is 12.1. The maximum absolute atomic E-state index is 9.29. The van der Waals surface area contributed by atoms with Gasteiger partial charge in [-0.2, -0.15) is 0 Å². The van der Waals surface area contributed by atoms with Gasteiger partial charge in [0.2, 0.25) is 0 Å². The summed E-state index contributed by atoms with van der Waals surface area (Å²) in [5, 5.41) is 18.6. The molecule has 0 unspecified atom stereocenters. The van der Waals surface area contributed by atoms with Crippen molar-refractivity contribution < 1.29 is 19.5 Å². The van der Waals surface area contributed by atoms with Gasteiger partial charge in [0.15, 0.2) is 0 Å². The minimum absolute atomic E-state index is 0.489. The Balaban J connectivity index is 2.13. The van der Waals surface area contributed by atoms with Gasteiger partial charge < -0.3 is 19.5 Å². The van der Waals surface area contributed by atoms with E-state index in [1.807, 2.05) is 0 Å². The third-order valence-corrected chi connectivity index (χ3v) is 3.62. The fourth-order valence-corrected chi connectivity index (χ4v) is 2.34. The number of hydrogen-bond donors (Lipinski definition) is 2. The lowest BCUT2D eigenvalue weighted by Gasteiger charge is -2.23. The van der Waals surface area contributed by atoms with E-state index < -0.39 is 7.12 Å². The number of ether oxygens (including phenoxy) is 2. The Kier molecular flexibility index (Phi) is 5.42. The molecule has 5 nitrogen and oxygen atoms in total. The predicted molar refractivity (Wildman–Crippen MR) is 78.1 cm³/mol. The van der Waals surface area contributed by atoms with Crippen LogP contribution in [0.1, 0.15) is 18.4 Å². The molecule has 0 saturated heterocycles. The number of methoxy groups -OCH3 is 2. The number of benzene rings is 1. The van der Waals surface area contributed by atoms with Gasteiger partial charge in [-0.05, 0) is 24.4 Å². The normalized spacial score (nSPS) is 14.7. The zero-order valence-corrected chi connectivity index (χ0v) is 12.1. The molecule has 20 heavy (non-hydrogen) atoms. The first kappa shape index (κ1) is 15.3. The Morgan fingerprint density at radius 2 is 2.05 bits per heavy atom. The van der Waals surface area contributed by atoms with E-state index in [1.165, 1.54) is 12.8 Å². The molecule has 1 fully saturated rings. The molecule has 0 atom stereocenters. The van der Waals surface area contributed by atoms with Gasteiger partial charge in [-0.25, -0.2) is 0 Å². The lowest BCUT2D eigenvalue weighted by atomic mass is 9.79. The monoisotopic (exact) mass is 279 g/mol. The van der Waals surface area contributed by atoms with Gasteiger partial charge in [0.25, 0.3) is 0 Å². The van der Waals surface area contributed by atoms with Crippen LogP contribution in [0.3, 0.4) is 0 Å². The second kappa shape index (κ2) is 7.08. The molecule has 1 saturated carbocycles. The molecule has 1 aromatic rings. The van der Waals surface area contributed by atoms with Gasteiger partial charge in [0, 0.05) is 31.8 Å². The lowest BCUT2D eigenvalue weighted by Crippen LogP contribution is -2.32. The Morgan fingerprint density at radius 3 is 2.60 bits per heavy atom. The highest BCUT2D eigenvalue weighted by molar-refractivity contribution is 6.58. The van der Waals surface area contributed by atoms with Crippen LogP contribution in [0, 0.1) is 0 Å². The fraction of sp³-hybridized carbons (Fsp3) is 0.571. The van der Waals surface area contributed by atoms with Gasteiger partial charge in [0.1, 0.15) is 5.75 Å². The topological polar surface area (TPSA) is 62.2 Å². The van der Waals surface area contributed by atoms with Gasteiger partial charge in [-0.3, -0.25) is 4.90 Å². The number of rotatable bonds is 8. The number of hydrogen-bond acceptors (Lipinski definition) is 5. The van der Waals surface area contributed by atoms with E-state index in [4.69, 9.17) is 9.47 Å². The summed E-state index contributed by atoms with van der Waals surface area (Å²) >= 11 is 0. The maximum Gasteiger partial charge on any atom is 0.488 e. The summed E-state index contributed by atoms with van der Waals surface area (Å²) in [5.41, 5.74) is 1.46. The van der Waals surface area contributed by atoms with Crippen LogP contribution in [0.4, 0.5) is 0 Å². The molecule has 1 aliphatic rings. The molecule has 0 aromatic heterocycles. The molecule has 0 radical (unpaired) electrons. The standard InChI is InChI=1S/C14H22BNO4/c1-19-8-7-16(13-4-5-13)10-11-9-12(15(17)18)3-6-14(11)20-2/h3,6,9,13,17-18H,4-5,7-8,10H2,1-2H3. The van der Waals surface area contributed by atoms with Crippen molar-refractivity contribution in [3.05, 3.63) is 23.8 Å². The fourth-order valence-electron chi connectivity index (χ4n) is 2.34. The highest BCUT2D eigenvalue weighted by Crippen LogP contribution is 2.29. The number of nitrogens with zero attached hydrogens (tertiary/aromatic N) is 1. The highest BCUT2D eigenvalue weighted by Gasteiger charge is 2.29. The summed E-state index contributed by atoms with van der Waals surface area (Å²) in [7, 11) is 1.88. The second-order valence-electron chi connectivity index (χ2n) is 5.14. The van der Waals surface area contributed by atoms with Gasteiger partial charge in [-0.1, -0.05) is 12.1 Å². The van der Waals surface area contributed by atoms with E-state index >= 15 is 0 Å². The molecule has 6 heteroatoms. The first-order valence-corrected chi connectivity index (χ1v) is 6.91. The molecule has 1 aliphatic carbocycles. The molecule has 0 spiro atoms. The van der Waals surface area contributed by atoms with Crippen molar-refractivity contribution in [1.29, 1.82) is 0 Å². The quantitative estimate of drug-likeness (QED) is 0.655. The molecular weight excluding hydrogens is 257 g/mol. The van der Waals surface area contributed by atoms with E-state index in [1.54, 1.807) is 32.4 Å². The minimum atomic E-state index is -1.45. The highest BCUT2D eigenvalue weighted by atomic mass is 16.5. The van der Waals surface area contributed by atoms with Crippen molar-refractivity contribution >= 4 is 12.6 Å². The summed E-state index contributed by atoms with van der Waals surface area (Å²) in [6, 6.07) is 5.86. The summed E-state index contributed by atoms with van der Waals surface area (Å²) in [5.74, 6) is 0.775. The summed E-state index contributed by atoms with van der Waals surface area (Å²) in [6.45, 7) is 2.30. The summed E-state index contributed by atoms with van der Waals surface area (Å²) < 4.78 is 10.5. The first-order valence-electron chi connectivity index (χ1n) is 6.91. The zero-order chi connectivity index (χ0) is 14.5. The van der Waals surface area contributed by atoms with Crippen molar-refractivity contribution in [2.24, 2.45) is 0 Å². The van der Waals surface area contributed by atoms with Crippen molar-refractivity contribution in [3.63, 3.8) is 0 Å². The van der Waals surface area contributed by atoms with Gasteiger partial charge >= 0.3 is 7.12 Å². The SMILES string of the molecule is COCCN(Cc1cc(B(O)O)ccc1OC)C1CC1. The third kappa shape index (κ3) is 3.96. The molecule has 1 aromatic carbocycles. The van der Waals surface area contributed by atoms with E-state index in [9.17, 15) is 10.0 Å². The summed E-state index contributed by atoms with van der Waals surface area (Å²) in [6.07, 6.45) is 2.43. The van der Waals surface area contributed by atoms with Crippen LogP contribution in [-0.2, 0) is 11.3 Å². The Labute approximate surface area is 120 Å². The van der Waals surface area contributed by atoms with Crippen LogP contribution < -0.4 is 10.2 Å². The maximum atomic E-state index is 9.29. The molecule has 0 aliphatic heterocycles. The molecule has 2 rings (SSSR count). The molecule has 2 N–H and O–H groups in total. The van der Waals surface area contributed by atoms with Crippen molar-refractivity contribution in [2.75, 3.05) is 27.4 Å². The van der Waals surface area contributed by atoms with Crippen LogP contribution in [-0.4, -0.2) is 55.5 Å². The van der Waals surface area contributed by atoms with Crippen LogP contribution in [0.5, 0.6) is 5.75 Å². The average molecular weight is 279 g/mol. The Morgan fingerprint density at radius 1 is 1.30 bits per heavy atom. The van der Waals surface area contributed by atoms with Crippen molar-refractivity contribution in [3.8, 4) is 5.75 Å². The predicted octanol–water partition coefficient (Wildman–Crippen LogP) is -0.0142. The second-order valence-corrected chi connectivity index (χ2v) is 5.14. The van der Waals surface area contributed by atoms with Crippen LogP contribution >= 0.6 is 0 Å². The molecule has 0 heterocycles. The largest absolute Gasteiger partial charge is 0.496 e. The molecule has 0 amide bonds. The van der Waals surface area contributed by atoms with Crippen LogP contribution in [0.15, 0.2) is 18.2 Å². The Bertz CT molecular complexity index is 437. The van der Waals surface area contributed by atoms with E-state index in [2.05, 4.69) is 4.90 Å². The average Bonchev–Trinajstić information content (AvgIpc) is 3.27. The van der Waals surface area contributed by atoms with Gasteiger partial charge in [0.05, 0.1) is 13.7 Å². The Hall–Kier alpha value is -1.08. The van der Waals surface area contributed by atoms with E-state index in [0.29, 0.717) is 18.1 Å². The van der Waals surface area contributed by atoms with E-state index in [-0.39, 0.29) is 0 Å². The third-order valence-electron chi connectivity index (χ3n) is 3.62. The first-order chi connectivity index (χ1) is 9.65. The van der Waals surface area contributed by atoms with Gasteiger partial charge in [-0.15, -0.1) is 0 Å². The molecule has 110 valence electrons. The van der Waals surface area contributed by atoms with Crippen LogP contribution in [0.2, 0.25) is 0 Å². The molecular formula is C14H22BNO4. The summed E-state index contributed by atoms with van der Waals surface area (Å²) in [4.78, 5) is 2.36. The van der Waals surface area contributed by atoms with Crippen molar-refractivity contribution in [2.45, 2.75) is 25.4 Å². The smallest absolute Gasteiger partial charge is 0.488 e.